The van der Waals surface area contributed by atoms with Gasteiger partial charge in [-0.15, -0.1) is 0 Å². The molecule has 0 aliphatic heterocycles. The maximum atomic E-state index is 13.1. The number of carboxylic acids is 1. The van der Waals surface area contributed by atoms with Crippen LogP contribution in [-0.4, -0.2) is 44.1 Å². The van der Waals surface area contributed by atoms with Crippen molar-refractivity contribution < 1.29 is 9.90 Å². The molecule has 2 heterocycles. The molecule has 0 amide bonds. The number of aromatic carboxylic acids is 1. The summed E-state index contributed by atoms with van der Waals surface area (Å²) in [5, 5.41) is 9.06. The van der Waals surface area contributed by atoms with E-state index in [1.54, 1.807) is 33.5 Å². The van der Waals surface area contributed by atoms with Crippen molar-refractivity contribution in [1.29, 1.82) is 0 Å². The third-order valence-electron chi connectivity index (χ3n) is 4.24. The zero-order chi connectivity index (χ0) is 18.1. The van der Waals surface area contributed by atoms with Crippen molar-refractivity contribution in [1.82, 2.24) is 14.1 Å². The zero-order valence-corrected chi connectivity index (χ0v) is 13.7. The number of benzene rings is 2. The summed E-state index contributed by atoms with van der Waals surface area (Å²) in [4.78, 5) is 28.5. The minimum absolute atomic E-state index is 0. The Hall–Kier alpha value is -3.07. The molecule has 27 heavy (non-hydrogen) atoms. The SMILES string of the molecule is O=C(O)c1ccc(-n2c(=O)n(Cc3ccccc3)c3ncccc32)cc1.[LiH]. The van der Waals surface area contributed by atoms with Crippen LogP contribution in [0.2, 0.25) is 0 Å². The van der Waals surface area contributed by atoms with Crippen LogP contribution in [0.1, 0.15) is 15.9 Å². The van der Waals surface area contributed by atoms with Crippen LogP contribution < -0.4 is 5.69 Å². The molecule has 0 fully saturated rings. The molecule has 6 nitrogen and oxygen atoms in total. The van der Waals surface area contributed by atoms with Crippen LogP contribution in [0.3, 0.4) is 0 Å². The van der Waals surface area contributed by atoms with E-state index in [1.807, 2.05) is 36.4 Å². The molecule has 4 aromatic rings. The van der Waals surface area contributed by atoms with Crippen molar-refractivity contribution in [3.63, 3.8) is 0 Å². The molecule has 2 aromatic carbocycles. The Kier molecular flexibility index (Phi) is 5.31. The number of carbonyl (C=O) groups is 1. The summed E-state index contributed by atoms with van der Waals surface area (Å²) in [6, 6.07) is 19.5. The predicted octanol–water partition coefficient (Wildman–Crippen LogP) is 2.29. The van der Waals surface area contributed by atoms with Gasteiger partial charge in [-0.3, -0.25) is 9.13 Å². The number of imidazole rings is 1. The number of aromatic nitrogens is 3. The second-order valence-corrected chi connectivity index (χ2v) is 5.89. The van der Waals surface area contributed by atoms with Crippen molar-refractivity contribution in [2.24, 2.45) is 0 Å². The van der Waals surface area contributed by atoms with Gasteiger partial charge in [-0.05, 0) is 42.0 Å². The normalized spacial score (nSPS) is 10.5. The Morgan fingerprint density at radius 3 is 2.33 bits per heavy atom. The van der Waals surface area contributed by atoms with Gasteiger partial charge >= 0.3 is 30.5 Å². The molecular formula is C20H16LiN3O3. The minimum atomic E-state index is -1.00. The number of nitrogens with zero attached hydrogens (tertiary/aromatic N) is 3. The fourth-order valence-corrected chi connectivity index (χ4v) is 3.00. The molecule has 0 aliphatic carbocycles. The average molecular weight is 353 g/mol. The van der Waals surface area contributed by atoms with Gasteiger partial charge in [0, 0.05) is 6.20 Å². The summed E-state index contributed by atoms with van der Waals surface area (Å²) in [6.07, 6.45) is 1.65. The first kappa shape index (κ1) is 18.7. The summed E-state index contributed by atoms with van der Waals surface area (Å²) in [5.74, 6) is -1.00. The first-order valence-corrected chi connectivity index (χ1v) is 8.09. The molecule has 1 N–H and O–H groups in total. The summed E-state index contributed by atoms with van der Waals surface area (Å²) in [5.41, 5.74) is 2.82. The number of hydrogen-bond acceptors (Lipinski definition) is 3. The topological polar surface area (TPSA) is 77.1 Å². The van der Waals surface area contributed by atoms with E-state index in [1.165, 1.54) is 12.1 Å². The van der Waals surface area contributed by atoms with Crippen LogP contribution in [0.25, 0.3) is 16.9 Å². The van der Waals surface area contributed by atoms with Crippen molar-refractivity contribution in [3.8, 4) is 5.69 Å². The van der Waals surface area contributed by atoms with Gasteiger partial charge in [-0.2, -0.15) is 0 Å². The third-order valence-corrected chi connectivity index (χ3v) is 4.24. The molecule has 0 saturated carbocycles. The molecule has 0 radical (unpaired) electrons. The molecule has 4 rings (SSSR count). The summed E-state index contributed by atoms with van der Waals surface area (Å²) in [6.45, 7) is 0.410. The van der Waals surface area contributed by atoms with Gasteiger partial charge in [-0.25, -0.2) is 14.6 Å². The van der Waals surface area contributed by atoms with Gasteiger partial charge in [0.05, 0.1) is 23.3 Å². The predicted molar refractivity (Wildman–Crippen MR) is 105 cm³/mol. The average Bonchev–Trinajstić information content (AvgIpc) is 2.95. The first-order chi connectivity index (χ1) is 12.6. The Morgan fingerprint density at radius 1 is 0.963 bits per heavy atom. The van der Waals surface area contributed by atoms with E-state index < -0.39 is 5.97 Å². The Labute approximate surface area is 166 Å². The van der Waals surface area contributed by atoms with Gasteiger partial charge < -0.3 is 5.11 Å². The molecule has 0 spiro atoms. The Bertz CT molecular complexity index is 1150. The Morgan fingerprint density at radius 2 is 1.67 bits per heavy atom. The number of rotatable bonds is 4. The summed E-state index contributed by atoms with van der Waals surface area (Å²) < 4.78 is 3.17. The molecule has 7 heteroatoms. The monoisotopic (exact) mass is 353 g/mol. The van der Waals surface area contributed by atoms with Gasteiger partial charge in [0.15, 0.2) is 5.65 Å². The van der Waals surface area contributed by atoms with E-state index in [9.17, 15) is 9.59 Å². The van der Waals surface area contributed by atoms with Crippen LogP contribution in [0.4, 0.5) is 0 Å². The van der Waals surface area contributed by atoms with E-state index in [0.29, 0.717) is 23.4 Å². The summed E-state index contributed by atoms with van der Waals surface area (Å²) >= 11 is 0. The van der Waals surface area contributed by atoms with E-state index in [4.69, 9.17) is 5.11 Å². The van der Waals surface area contributed by atoms with Crippen LogP contribution in [-0.2, 0) is 6.54 Å². The van der Waals surface area contributed by atoms with Crippen LogP contribution in [0.15, 0.2) is 77.7 Å². The van der Waals surface area contributed by atoms with Crippen LogP contribution >= 0.6 is 0 Å². The number of carboxylic acid groups (broad SMARTS) is 1. The van der Waals surface area contributed by atoms with Gasteiger partial charge in [0.1, 0.15) is 0 Å². The van der Waals surface area contributed by atoms with E-state index in [0.717, 1.165) is 5.56 Å². The van der Waals surface area contributed by atoms with Gasteiger partial charge in [-0.1, -0.05) is 30.3 Å². The second kappa shape index (κ2) is 7.66. The van der Waals surface area contributed by atoms with Crippen LogP contribution in [0, 0.1) is 0 Å². The number of pyridine rings is 1. The van der Waals surface area contributed by atoms with Crippen molar-refractivity contribution in [2.75, 3.05) is 0 Å². The number of hydrogen-bond donors (Lipinski definition) is 1. The summed E-state index contributed by atoms with van der Waals surface area (Å²) in [7, 11) is 0. The Balaban J connectivity index is 0.00000210. The van der Waals surface area contributed by atoms with Crippen LogP contribution in [0.5, 0.6) is 0 Å². The molecule has 0 aliphatic rings. The van der Waals surface area contributed by atoms with Crippen molar-refractivity contribution in [3.05, 3.63) is 94.5 Å². The molecule has 0 atom stereocenters. The molecule has 130 valence electrons. The maximum absolute atomic E-state index is 13.1. The molecule has 2 aromatic heterocycles. The van der Waals surface area contributed by atoms with Crippen molar-refractivity contribution in [2.45, 2.75) is 6.54 Å². The molecule has 0 bridgehead atoms. The first-order valence-electron chi connectivity index (χ1n) is 8.09. The molecular weight excluding hydrogens is 337 g/mol. The third kappa shape index (κ3) is 3.45. The fourth-order valence-electron chi connectivity index (χ4n) is 3.00. The quantitative estimate of drug-likeness (QED) is 0.571. The molecule has 0 unspecified atom stereocenters. The fraction of sp³-hybridized carbons (Fsp3) is 0.0500. The zero-order valence-electron chi connectivity index (χ0n) is 13.7. The molecule has 0 saturated heterocycles. The number of fused-ring (bicyclic) bond motifs is 1. The van der Waals surface area contributed by atoms with Crippen molar-refractivity contribution >= 4 is 36.0 Å². The van der Waals surface area contributed by atoms with Gasteiger partial charge in [0.2, 0.25) is 0 Å². The van der Waals surface area contributed by atoms with E-state index >= 15 is 0 Å². The van der Waals surface area contributed by atoms with E-state index in [2.05, 4.69) is 4.98 Å². The standard InChI is InChI=1S/C20H15N3O3.Li.H/c24-19(25)15-8-10-16(11-9-15)23-17-7-4-12-21-18(17)22(20(23)26)13-14-5-2-1-3-6-14;;/h1-12H,13H2,(H,24,25);;. The van der Waals surface area contributed by atoms with E-state index in [-0.39, 0.29) is 30.1 Å². The second-order valence-electron chi connectivity index (χ2n) is 5.89. The van der Waals surface area contributed by atoms with Gasteiger partial charge in [0.25, 0.3) is 0 Å².